The van der Waals surface area contributed by atoms with E-state index in [2.05, 4.69) is 15.5 Å². The summed E-state index contributed by atoms with van der Waals surface area (Å²) in [7, 11) is 0. The first-order chi connectivity index (χ1) is 13.4. The molecule has 140 valence electrons. The van der Waals surface area contributed by atoms with Crippen LogP contribution in [0.25, 0.3) is 21.5 Å². The van der Waals surface area contributed by atoms with E-state index in [9.17, 15) is 14.9 Å². The number of aryl methyl sites for hydroxylation is 1. The van der Waals surface area contributed by atoms with Gasteiger partial charge in [-0.05, 0) is 43.2 Å². The lowest BCUT2D eigenvalue weighted by atomic mass is 10.1. The third-order valence-corrected chi connectivity index (χ3v) is 5.30. The Bertz CT molecular complexity index is 1280. The molecular formula is C19H14N4O4S. The normalized spacial score (nSPS) is 10.9. The average Bonchev–Trinajstić information content (AvgIpc) is 3.12. The highest BCUT2D eigenvalue weighted by atomic mass is 32.1. The first-order valence-electron chi connectivity index (χ1n) is 8.32. The number of rotatable bonds is 4. The Morgan fingerprint density at radius 2 is 1.96 bits per heavy atom. The van der Waals surface area contributed by atoms with Crippen LogP contribution in [0.5, 0.6) is 0 Å². The van der Waals surface area contributed by atoms with Gasteiger partial charge in [-0.15, -0.1) is 10.2 Å². The van der Waals surface area contributed by atoms with Crippen molar-refractivity contribution in [2.45, 2.75) is 13.8 Å². The second-order valence-electron chi connectivity index (χ2n) is 6.21. The monoisotopic (exact) mass is 394 g/mol. The molecule has 0 amide bonds. The second-order valence-corrected chi connectivity index (χ2v) is 7.19. The van der Waals surface area contributed by atoms with Crippen LogP contribution in [0.3, 0.4) is 0 Å². The molecule has 1 N–H and O–H groups in total. The fourth-order valence-corrected chi connectivity index (χ4v) is 3.52. The lowest BCUT2D eigenvalue weighted by Crippen LogP contribution is -2.02. The Kier molecular flexibility index (Phi) is 4.36. The number of nitrogens with zero attached hydrogens (tertiary/aromatic N) is 3. The van der Waals surface area contributed by atoms with E-state index in [1.807, 2.05) is 32.0 Å². The molecule has 0 aliphatic carbocycles. The first-order valence-corrected chi connectivity index (χ1v) is 9.13. The third kappa shape index (κ3) is 3.23. The largest absolute Gasteiger partial charge is 0.422 e. The van der Waals surface area contributed by atoms with Crippen molar-refractivity contribution in [2.75, 3.05) is 5.32 Å². The molecule has 0 unspecified atom stereocenters. The molecule has 0 saturated carbocycles. The van der Waals surface area contributed by atoms with Gasteiger partial charge in [0.1, 0.15) is 5.58 Å². The molecule has 0 atom stereocenters. The van der Waals surface area contributed by atoms with Crippen molar-refractivity contribution in [2.24, 2.45) is 0 Å². The lowest BCUT2D eigenvalue weighted by molar-refractivity contribution is -0.384. The van der Waals surface area contributed by atoms with Gasteiger partial charge in [0.15, 0.2) is 5.01 Å². The molecule has 0 saturated heterocycles. The molecule has 0 spiro atoms. The molecule has 8 nitrogen and oxygen atoms in total. The molecule has 0 aliphatic heterocycles. The first kappa shape index (κ1) is 17.8. The number of fused-ring (bicyclic) bond motifs is 1. The molecule has 28 heavy (non-hydrogen) atoms. The summed E-state index contributed by atoms with van der Waals surface area (Å²) in [5.74, 6) is 0. The van der Waals surface area contributed by atoms with Gasteiger partial charge in [-0.3, -0.25) is 10.1 Å². The summed E-state index contributed by atoms with van der Waals surface area (Å²) in [6, 6.07) is 11.5. The van der Waals surface area contributed by atoms with Crippen LogP contribution in [0.15, 0.2) is 51.7 Å². The maximum absolute atomic E-state index is 12.3. The summed E-state index contributed by atoms with van der Waals surface area (Å²) in [6.45, 7) is 4.02. The smallest absolute Gasteiger partial charge is 0.346 e. The molecule has 9 heteroatoms. The highest BCUT2D eigenvalue weighted by molar-refractivity contribution is 7.18. The molecular weight excluding hydrogens is 380 g/mol. The fraction of sp³-hybridized carbons (Fsp3) is 0.105. The van der Waals surface area contributed by atoms with E-state index < -0.39 is 10.5 Å². The number of nitrogens with one attached hydrogen (secondary N) is 1. The van der Waals surface area contributed by atoms with E-state index in [4.69, 9.17) is 4.42 Å². The number of aromatic nitrogens is 2. The number of anilines is 2. The van der Waals surface area contributed by atoms with Crippen LogP contribution in [0.4, 0.5) is 16.5 Å². The van der Waals surface area contributed by atoms with Crippen molar-refractivity contribution in [1.82, 2.24) is 10.2 Å². The number of nitro groups is 1. The van der Waals surface area contributed by atoms with E-state index in [1.54, 1.807) is 0 Å². The van der Waals surface area contributed by atoms with Crippen LogP contribution in [0, 0.1) is 24.0 Å². The molecule has 4 aromatic rings. The highest BCUT2D eigenvalue weighted by Gasteiger charge is 2.16. The zero-order chi connectivity index (χ0) is 19.8. The Balaban J connectivity index is 1.72. The van der Waals surface area contributed by atoms with Gasteiger partial charge in [0.25, 0.3) is 5.69 Å². The second kappa shape index (κ2) is 6.86. The molecule has 0 aliphatic rings. The molecule has 2 heterocycles. The SMILES string of the molecule is Cc1cccc(Nc2nnc(-c3cc4cc([N+](=O)[O-])ccc4oc3=O)s2)c1C. The van der Waals surface area contributed by atoms with Crippen LogP contribution in [0.2, 0.25) is 0 Å². The third-order valence-electron chi connectivity index (χ3n) is 4.43. The quantitative estimate of drug-likeness (QED) is 0.306. The van der Waals surface area contributed by atoms with Crippen LogP contribution in [0.1, 0.15) is 11.1 Å². The molecule has 2 aromatic heterocycles. The summed E-state index contributed by atoms with van der Waals surface area (Å²) in [4.78, 5) is 22.8. The molecule has 2 aromatic carbocycles. The molecule has 0 radical (unpaired) electrons. The van der Waals surface area contributed by atoms with Gasteiger partial charge in [0.05, 0.1) is 10.5 Å². The standard InChI is InChI=1S/C19H14N4O4S/c1-10-4-3-5-15(11(10)2)20-19-22-21-17(28-19)14-9-12-8-13(23(25)26)6-7-16(12)27-18(14)24/h3-9H,1-2H3,(H,20,22). The summed E-state index contributed by atoms with van der Waals surface area (Å²) >= 11 is 1.20. The van der Waals surface area contributed by atoms with Gasteiger partial charge in [-0.25, -0.2) is 4.79 Å². The Morgan fingerprint density at radius 1 is 1.14 bits per heavy atom. The molecule has 4 rings (SSSR count). The van der Waals surface area contributed by atoms with Crippen molar-refractivity contribution in [3.05, 3.63) is 74.1 Å². The highest BCUT2D eigenvalue weighted by Crippen LogP contribution is 2.30. The zero-order valence-corrected chi connectivity index (χ0v) is 15.7. The topological polar surface area (TPSA) is 111 Å². The van der Waals surface area contributed by atoms with E-state index in [1.165, 1.54) is 35.6 Å². The number of hydrogen-bond donors (Lipinski definition) is 1. The van der Waals surface area contributed by atoms with Gasteiger partial charge in [0, 0.05) is 23.2 Å². The molecule has 0 bridgehead atoms. The van der Waals surface area contributed by atoms with Gasteiger partial charge in [0.2, 0.25) is 5.13 Å². The van der Waals surface area contributed by atoms with E-state index in [0.29, 0.717) is 15.5 Å². The van der Waals surface area contributed by atoms with Crippen molar-refractivity contribution in [1.29, 1.82) is 0 Å². The van der Waals surface area contributed by atoms with Crippen molar-refractivity contribution >= 4 is 38.8 Å². The van der Waals surface area contributed by atoms with E-state index in [0.717, 1.165) is 16.8 Å². The number of hydrogen-bond acceptors (Lipinski definition) is 8. The maximum atomic E-state index is 12.3. The van der Waals surface area contributed by atoms with Crippen molar-refractivity contribution in [3.63, 3.8) is 0 Å². The number of benzene rings is 2. The Hall–Kier alpha value is -3.59. The minimum atomic E-state index is -0.573. The Labute approximate surface area is 162 Å². The fourth-order valence-electron chi connectivity index (χ4n) is 2.76. The summed E-state index contributed by atoms with van der Waals surface area (Å²) in [5.41, 5.74) is 2.97. The number of non-ortho nitro benzene ring substituents is 1. The van der Waals surface area contributed by atoms with E-state index >= 15 is 0 Å². The summed E-state index contributed by atoms with van der Waals surface area (Å²) in [6.07, 6.45) is 0. The van der Waals surface area contributed by atoms with Gasteiger partial charge < -0.3 is 9.73 Å². The average molecular weight is 394 g/mol. The van der Waals surface area contributed by atoms with Crippen LogP contribution < -0.4 is 10.9 Å². The van der Waals surface area contributed by atoms with Crippen LogP contribution in [-0.2, 0) is 0 Å². The van der Waals surface area contributed by atoms with E-state index in [-0.39, 0.29) is 16.8 Å². The summed E-state index contributed by atoms with van der Waals surface area (Å²) in [5, 5.41) is 23.7. The van der Waals surface area contributed by atoms with Gasteiger partial charge >= 0.3 is 5.63 Å². The van der Waals surface area contributed by atoms with Crippen molar-refractivity contribution < 1.29 is 9.34 Å². The van der Waals surface area contributed by atoms with Crippen LogP contribution in [-0.4, -0.2) is 15.1 Å². The van der Waals surface area contributed by atoms with Crippen LogP contribution >= 0.6 is 11.3 Å². The summed E-state index contributed by atoms with van der Waals surface area (Å²) < 4.78 is 5.28. The van der Waals surface area contributed by atoms with Gasteiger partial charge in [-0.1, -0.05) is 23.5 Å². The lowest BCUT2D eigenvalue weighted by Gasteiger charge is -2.08. The molecule has 0 fully saturated rings. The predicted octanol–water partition coefficient (Wildman–Crippen LogP) is 4.58. The number of nitro benzene ring substituents is 1. The minimum Gasteiger partial charge on any atom is -0.422 e. The van der Waals surface area contributed by atoms with Gasteiger partial charge in [-0.2, -0.15) is 0 Å². The minimum absolute atomic E-state index is 0.0816. The zero-order valence-electron chi connectivity index (χ0n) is 14.9. The predicted molar refractivity (Wildman–Crippen MR) is 107 cm³/mol. The maximum Gasteiger partial charge on any atom is 0.346 e. The van der Waals surface area contributed by atoms with Crippen molar-refractivity contribution in [3.8, 4) is 10.6 Å². The Morgan fingerprint density at radius 3 is 2.75 bits per heavy atom.